The van der Waals surface area contributed by atoms with Gasteiger partial charge in [0, 0.05) is 6.54 Å². The first kappa shape index (κ1) is 9.27. The standard InChI is InChI=1S/C10H12N2OS/c1-3-12-8-5-4-7(13-2)6-9(8)14-10(12)11/h4-6,11H,3H2,1-2H3. The molecule has 0 spiro atoms. The van der Waals surface area contributed by atoms with Crippen molar-refractivity contribution in [3.63, 3.8) is 0 Å². The number of hydrogen-bond acceptors (Lipinski definition) is 3. The van der Waals surface area contributed by atoms with Crippen LogP contribution in [0, 0.1) is 5.41 Å². The van der Waals surface area contributed by atoms with E-state index in [9.17, 15) is 0 Å². The van der Waals surface area contributed by atoms with Crippen molar-refractivity contribution in [1.29, 1.82) is 5.41 Å². The van der Waals surface area contributed by atoms with Crippen LogP contribution in [0.25, 0.3) is 10.2 Å². The molecule has 0 saturated carbocycles. The zero-order chi connectivity index (χ0) is 10.1. The summed E-state index contributed by atoms with van der Waals surface area (Å²) < 4.78 is 8.23. The Balaban J connectivity index is 2.74. The number of thiazole rings is 1. The van der Waals surface area contributed by atoms with E-state index in [0.717, 1.165) is 22.5 Å². The van der Waals surface area contributed by atoms with Crippen LogP contribution in [0.1, 0.15) is 6.92 Å². The van der Waals surface area contributed by atoms with Crippen molar-refractivity contribution in [3.8, 4) is 5.75 Å². The molecule has 14 heavy (non-hydrogen) atoms. The number of fused-ring (bicyclic) bond motifs is 1. The van der Waals surface area contributed by atoms with Crippen LogP contribution in [0.15, 0.2) is 18.2 Å². The number of ether oxygens (including phenoxy) is 1. The third kappa shape index (κ3) is 1.32. The van der Waals surface area contributed by atoms with Crippen molar-refractivity contribution >= 4 is 21.6 Å². The molecule has 0 unspecified atom stereocenters. The van der Waals surface area contributed by atoms with Gasteiger partial charge in [0.25, 0.3) is 0 Å². The molecule has 0 saturated heterocycles. The molecular weight excluding hydrogens is 196 g/mol. The molecule has 0 fully saturated rings. The number of hydrogen-bond donors (Lipinski definition) is 1. The fourth-order valence-electron chi connectivity index (χ4n) is 1.51. The Morgan fingerprint density at radius 2 is 2.29 bits per heavy atom. The maximum Gasteiger partial charge on any atom is 0.182 e. The Hall–Kier alpha value is -1.29. The monoisotopic (exact) mass is 208 g/mol. The maximum atomic E-state index is 7.77. The summed E-state index contributed by atoms with van der Waals surface area (Å²) in [5.74, 6) is 0.849. The van der Waals surface area contributed by atoms with Gasteiger partial charge in [0.15, 0.2) is 4.80 Å². The fraction of sp³-hybridized carbons (Fsp3) is 0.300. The molecule has 0 aliphatic rings. The lowest BCUT2D eigenvalue weighted by molar-refractivity contribution is 0.415. The molecule has 0 amide bonds. The molecule has 1 heterocycles. The quantitative estimate of drug-likeness (QED) is 0.807. The molecular formula is C10H12N2OS. The minimum Gasteiger partial charge on any atom is -0.497 e. The summed E-state index contributed by atoms with van der Waals surface area (Å²) in [7, 11) is 1.66. The summed E-state index contributed by atoms with van der Waals surface area (Å²) >= 11 is 1.48. The van der Waals surface area contributed by atoms with Crippen LogP contribution in [0.3, 0.4) is 0 Å². The van der Waals surface area contributed by atoms with Crippen LogP contribution < -0.4 is 9.54 Å². The lowest BCUT2D eigenvalue weighted by Gasteiger charge is -2.01. The van der Waals surface area contributed by atoms with Gasteiger partial charge in [-0.3, -0.25) is 5.41 Å². The van der Waals surface area contributed by atoms with Gasteiger partial charge in [-0.05, 0) is 25.1 Å². The summed E-state index contributed by atoms with van der Waals surface area (Å²) in [4.78, 5) is 0.593. The van der Waals surface area contributed by atoms with E-state index in [0.29, 0.717) is 4.80 Å². The highest BCUT2D eigenvalue weighted by Crippen LogP contribution is 2.22. The van der Waals surface area contributed by atoms with E-state index in [-0.39, 0.29) is 0 Å². The second-order valence-electron chi connectivity index (χ2n) is 2.99. The van der Waals surface area contributed by atoms with Crippen molar-refractivity contribution in [2.75, 3.05) is 7.11 Å². The molecule has 0 radical (unpaired) electrons. The highest BCUT2D eigenvalue weighted by atomic mass is 32.1. The molecule has 0 atom stereocenters. The predicted molar refractivity (Wildman–Crippen MR) is 57.9 cm³/mol. The molecule has 0 bridgehead atoms. The number of nitrogens with zero attached hydrogens (tertiary/aromatic N) is 1. The lowest BCUT2D eigenvalue weighted by Crippen LogP contribution is -2.10. The number of nitrogens with one attached hydrogen (secondary N) is 1. The number of rotatable bonds is 2. The molecule has 0 aliphatic carbocycles. The minimum absolute atomic E-state index is 0.593. The molecule has 2 rings (SSSR count). The van der Waals surface area contributed by atoms with Gasteiger partial charge < -0.3 is 9.30 Å². The van der Waals surface area contributed by atoms with Crippen LogP contribution >= 0.6 is 11.3 Å². The van der Waals surface area contributed by atoms with Gasteiger partial charge in [0.1, 0.15) is 5.75 Å². The van der Waals surface area contributed by atoms with Crippen molar-refractivity contribution < 1.29 is 4.74 Å². The normalized spacial score (nSPS) is 10.7. The van der Waals surface area contributed by atoms with Gasteiger partial charge in [0.2, 0.25) is 0 Å². The van der Waals surface area contributed by atoms with Gasteiger partial charge in [-0.1, -0.05) is 11.3 Å². The van der Waals surface area contributed by atoms with Gasteiger partial charge in [0.05, 0.1) is 17.3 Å². The van der Waals surface area contributed by atoms with Crippen LogP contribution in [0.4, 0.5) is 0 Å². The van der Waals surface area contributed by atoms with E-state index in [1.165, 1.54) is 11.3 Å². The van der Waals surface area contributed by atoms with Crippen molar-refractivity contribution in [2.45, 2.75) is 13.5 Å². The largest absolute Gasteiger partial charge is 0.497 e. The van der Waals surface area contributed by atoms with Crippen molar-refractivity contribution in [3.05, 3.63) is 23.0 Å². The van der Waals surface area contributed by atoms with Gasteiger partial charge in [-0.15, -0.1) is 0 Å². The number of benzene rings is 1. The number of aromatic nitrogens is 1. The Bertz CT molecular complexity index is 512. The smallest absolute Gasteiger partial charge is 0.182 e. The molecule has 4 heteroatoms. The van der Waals surface area contributed by atoms with Crippen molar-refractivity contribution in [2.24, 2.45) is 0 Å². The Labute approximate surface area is 86.1 Å². The summed E-state index contributed by atoms with van der Waals surface area (Å²) in [5.41, 5.74) is 1.11. The Morgan fingerprint density at radius 1 is 1.50 bits per heavy atom. The van der Waals surface area contributed by atoms with E-state index < -0.39 is 0 Å². The topological polar surface area (TPSA) is 38.0 Å². The van der Waals surface area contributed by atoms with Crippen LogP contribution in [0.2, 0.25) is 0 Å². The maximum absolute atomic E-state index is 7.77. The second kappa shape index (κ2) is 3.46. The van der Waals surface area contributed by atoms with E-state index in [2.05, 4.69) is 6.92 Å². The van der Waals surface area contributed by atoms with Crippen LogP contribution in [0.5, 0.6) is 5.75 Å². The Kier molecular flexibility index (Phi) is 2.29. The second-order valence-corrected chi connectivity index (χ2v) is 4.02. The van der Waals surface area contributed by atoms with E-state index in [1.54, 1.807) is 7.11 Å². The van der Waals surface area contributed by atoms with E-state index in [4.69, 9.17) is 10.1 Å². The molecule has 0 aliphatic heterocycles. The average molecular weight is 208 g/mol. The highest BCUT2D eigenvalue weighted by molar-refractivity contribution is 7.16. The fourth-order valence-corrected chi connectivity index (χ4v) is 2.51. The Morgan fingerprint density at radius 3 is 2.93 bits per heavy atom. The average Bonchev–Trinajstić information content (AvgIpc) is 2.51. The first-order valence-electron chi connectivity index (χ1n) is 4.48. The third-order valence-corrected chi connectivity index (χ3v) is 3.19. The SMILES string of the molecule is CCn1c(=N)sc2cc(OC)ccc21. The van der Waals surface area contributed by atoms with Crippen LogP contribution in [-0.2, 0) is 6.54 Å². The summed E-state index contributed by atoms with van der Waals surface area (Å²) in [6.07, 6.45) is 0. The zero-order valence-electron chi connectivity index (χ0n) is 8.20. The molecule has 3 nitrogen and oxygen atoms in total. The molecule has 2 aromatic rings. The van der Waals surface area contributed by atoms with Crippen molar-refractivity contribution in [1.82, 2.24) is 4.57 Å². The number of methoxy groups -OCH3 is 1. The first-order valence-corrected chi connectivity index (χ1v) is 5.30. The third-order valence-electron chi connectivity index (χ3n) is 2.23. The van der Waals surface area contributed by atoms with Gasteiger partial charge >= 0.3 is 0 Å². The summed E-state index contributed by atoms with van der Waals surface area (Å²) in [5, 5.41) is 7.77. The summed E-state index contributed by atoms with van der Waals surface area (Å²) in [6, 6.07) is 5.91. The molecule has 1 N–H and O–H groups in total. The van der Waals surface area contributed by atoms with E-state index in [1.807, 2.05) is 22.8 Å². The summed E-state index contributed by atoms with van der Waals surface area (Å²) in [6.45, 7) is 2.89. The number of aryl methyl sites for hydroxylation is 1. The molecule has 74 valence electrons. The molecule has 1 aromatic carbocycles. The highest BCUT2D eigenvalue weighted by Gasteiger charge is 2.04. The molecule has 1 aromatic heterocycles. The van der Waals surface area contributed by atoms with E-state index >= 15 is 0 Å². The van der Waals surface area contributed by atoms with Gasteiger partial charge in [-0.2, -0.15) is 0 Å². The predicted octanol–water partition coefficient (Wildman–Crippen LogP) is 2.21. The zero-order valence-corrected chi connectivity index (χ0v) is 9.02. The van der Waals surface area contributed by atoms with Gasteiger partial charge in [-0.25, -0.2) is 0 Å². The minimum atomic E-state index is 0.593. The first-order chi connectivity index (χ1) is 6.76. The lowest BCUT2D eigenvalue weighted by atomic mass is 10.3. The van der Waals surface area contributed by atoms with Crippen LogP contribution in [-0.4, -0.2) is 11.7 Å².